The fourth-order valence-electron chi connectivity index (χ4n) is 2.05. The lowest BCUT2D eigenvalue weighted by atomic mass is 10.0. The van der Waals surface area contributed by atoms with Crippen molar-refractivity contribution >= 4 is 11.9 Å². The predicted molar refractivity (Wildman–Crippen MR) is 74.2 cm³/mol. The standard InChI is InChI=1S/C15H21NO3/c1-4-13(10(2)3)16-14(17)9-11-7-5-6-8-12(11)15(18)19/h5-8,10,13H,4,9H2,1-3H3,(H,16,17)(H,18,19). The average molecular weight is 263 g/mol. The average Bonchev–Trinajstić information content (AvgIpc) is 2.35. The van der Waals surface area contributed by atoms with E-state index in [2.05, 4.69) is 19.2 Å². The first-order valence-electron chi connectivity index (χ1n) is 6.56. The van der Waals surface area contributed by atoms with Crippen molar-refractivity contribution in [2.45, 2.75) is 39.7 Å². The Labute approximate surface area is 113 Å². The lowest BCUT2D eigenvalue weighted by Gasteiger charge is -2.20. The molecule has 1 atom stereocenters. The number of rotatable bonds is 6. The maximum atomic E-state index is 12.0. The van der Waals surface area contributed by atoms with Crippen LogP contribution in [0.2, 0.25) is 0 Å². The summed E-state index contributed by atoms with van der Waals surface area (Å²) in [5.41, 5.74) is 0.737. The number of hydrogen-bond donors (Lipinski definition) is 2. The summed E-state index contributed by atoms with van der Waals surface area (Å²) in [4.78, 5) is 23.0. The van der Waals surface area contributed by atoms with Crippen LogP contribution < -0.4 is 5.32 Å². The summed E-state index contributed by atoms with van der Waals surface area (Å²) in [6.45, 7) is 6.13. The lowest BCUT2D eigenvalue weighted by Crippen LogP contribution is -2.39. The second-order valence-electron chi connectivity index (χ2n) is 4.97. The fourth-order valence-corrected chi connectivity index (χ4v) is 2.05. The monoisotopic (exact) mass is 263 g/mol. The van der Waals surface area contributed by atoms with Gasteiger partial charge in [-0.1, -0.05) is 39.0 Å². The zero-order valence-corrected chi connectivity index (χ0v) is 11.6. The van der Waals surface area contributed by atoms with E-state index in [9.17, 15) is 9.59 Å². The molecule has 1 amide bonds. The number of nitrogens with one attached hydrogen (secondary N) is 1. The van der Waals surface area contributed by atoms with E-state index in [0.29, 0.717) is 11.5 Å². The van der Waals surface area contributed by atoms with Crippen molar-refractivity contribution in [3.63, 3.8) is 0 Å². The quantitative estimate of drug-likeness (QED) is 0.828. The molecule has 4 heteroatoms. The van der Waals surface area contributed by atoms with Gasteiger partial charge >= 0.3 is 5.97 Å². The van der Waals surface area contributed by atoms with Crippen molar-refractivity contribution in [3.8, 4) is 0 Å². The Balaban J connectivity index is 2.75. The van der Waals surface area contributed by atoms with E-state index in [1.165, 1.54) is 6.07 Å². The van der Waals surface area contributed by atoms with Gasteiger partial charge in [-0.25, -0.2) is 4.79 Å². The van der Waals surface area contributed by atoms with Crippen LogP contribution in [0.25, 0.3) is 0 Å². The molecule has 1 unspecified atom stereocenters. The Morgan fingerprint density at radius 2 is 1.89 bits per heavy atom. The predicted octanol–water partition coefficient (Wildman–Crippen LogP) is 2.48. The van der Waals surface area contributed by atoms with E-state index in [1.54, 1.807) is 18.2 Å². The largest absolute Gasteiger partial charge is 0.478 e. The molecular formula is C15H21NO3. The second-order valence-corrected chi connectivity index (χ2v) is 4.97. The van der Waals surface area contributed by atoms with Gasteiger partial charge in [-0.3, -0.25) is 4.79 Å². The number of carboxylic acid groups (broad SMARTS) is 1. The molecular weight excluding hydrogens is 242 g/mol. The zero-order valence-electron chi connectivity index (χ0n) is 11.6. The van der Waals surface area contributed by atoms with E-state index >= 15 is 0 Å². The van der Waals surface area contributed by atoms with E-state index < -0.39 is 5.97 Å². The highest BCUT2D eigenvalue weighted by Crippen LogP contribution is 2.11. The number of hydrogen-bond acceptors (Lipinski definition) is 2. The summed E-state index contributed by atoms with van der Waals surface area (Å²) >= 11 is 0. The molecule has 0 radical (unpaired) electrons. The summed E-state index contributed by atoms with van der Waals surface area (Å²) in [5, 5.41) is 12.0. The highest BCUT2D eigenvalue weighted by Gasteiger charge is 2.16. The zero-order chi connectivity index (χ0) is 14.4. The van der Waals surface area contributed by atoms with Crippen LogP contribution in [0.3, 0.4) is 0 Å². The lowest BCUT2D eigenvalue weighted by molar-refractivity contribution is -0.121. The maximum Gasteiger partial charge on any atom is 0.335 e. The van der Waals surface area contributed by atoms with E-state index in [-0.39, 0.29) is 23.9 Å². The Kier molecular flexibility index (Phi) is 5.55. The van der Waals surface area contributed by atoms with Gasteiger partial charge in [0.25, 0.3) is 0 Å². The third-order valence-electron chi connectivity index (χ3n) is 3.19. The first kappa shape index (κ1) is 15.2. The van der Waals surface area contributed by atoms with E-state index in [1.807, 2.05) is 6.92 Å². The van der Waals surface area contributed by atoms with Crippen LogP contribution in [0.4, 0.5) is 0 Å². The number of carbonyl (C=O) groups excluding carboxylic acids is 1. The molecule has 0 fully saturated rings. The Morgan fingerprint density at radius 1 is 1.26 bits per heavy atom. The van der Waals surface area contributed by atoms with Gasteiger partial charge in [-0.05, 0) is 24.0 Å². The number of amides is 1. The third-order valence-corrected chi connectivity index (χ3v) is 3.19. The highest BCUT2D eigenvalue weighted by molar-refractivity contribution is 5.91. The molecule has 0 saturated carbocycles. The Bertz CT molecular complexity index is 454. The molecule has 0 saturated heterocycles. The van der Waals surface area contributed by atoms with Crippen LogP contribution >= 0.6 is 0 Å². The van der Waals surface area contributed by atoms with E-state index in [4.69, 9.17) is 5.11 Å². The van der Waals surface area contributed by atoms with Gasteiger partial charge in [0.05, 0.1) is 12.0 Å². The van der Waals surface area contributed by atoms with Crippen LogP contribution in [-0.4, -0.2) is 23.0 Å². The topological polar surface area (TPSA) is 66.4 Å². The number of carboxylic acids is 1. The van der Waals surface area contributed by atoms with Gasteiger partial charge < -0.3 is 10.4 Å². The SMILES string of the molecule is CCC(NC(=O)Cc1ccccc1C(=O)O)C(C)C. The van der Waals surface area contributed by atoms with Crippen molar-refractivity contribution in [1.29, 1.82) is 0 Å². The highest BCUT2D eigenvalue weighted by atomic mass is 16.4. The molecule has 1 aromatic carbocycles. The molecule has 2 N–H and O–H groups in total. The molecule has 0 aliphatic rings. The van der Waals surface area contributed by atoms with Gasteiger partial charge in [-0.2, -0.15) is 0 Å². The van der Waals surface area contributed by atoms with Crippen molar-refractivity contribution in [2.75, 3.05) is 0 Å². The molecule has 0 bridgehead atoms. The number of aromatic carboxylic acids is 1. The molecule has 4 nitrogen and oxygen atoms in total. The van der Waals surface area contributed by atoms with Gasteiger partial charge in [0.2, 0.25) is 5.91 Å². The molecule has 104 valence electrons. The van der Waals surface area contributed by atoms with Crippen LogP contribution in [0, 0.1) is 5.92 Å². The summed E-state index contributed by atoms with van der Waals surface area (Å²) in [5.74, 6) is -0.766. The molecule has 0 aliphatic carbocycles. The molecule has 0 heterocycles. The molecule has 1 rings (SSSR count). The van der Waals surface area contributed by atoms with Crippen LogP contribution in [0.1, 0.15) is 43.1 Å². The van der Waals surface area contributed by atoms with Crippen molar-refractivity contribution in [2.24, 2.45) is 5.92 Å². The summed E-state index contributed by atoms with van der Waals surface area (Å²) in [7, 11) is 0. The molecule has 0 spiro atoms. The molecule has 1 aromatic rings. The molecule has 0 aromatic heterocycles. The Hall–Kier alpha value is -1.84. The molecule has 0 aliphatic heterocycles. The minimum Gasteiger partial charge on any atom is -0.478 e. The first-order chi connectivity index (χ1) is 8.95. The summed E-state index contributed by atoms with van der Waals surface area (Å²) < 4.78 is 0. The summed E-state index contributed by atoms with van der Waals surface area (Å²) in [6, 6.07) is 6.73. The van der Waals surface area contributed by atoms with Crippen molar-refractivity contribution in [1.82, 2.24) is 5.32 Å². The third kappa shape index (κ3) is 4.39. The van der Waals surface area contributed by atoms with Crippen LogP contribution in [-0.2, 0) is 11.2 Å². The molecule has 19 heavy (non-hydrogen) atoms. The fraction of sp³-hybridized carbons (Fsp3) is 0.467. The normalized spacial score (nSPS) is 12.2. The minimum atomic E-state index is -1.00. The van der Waals surface area contributed by atoms with Gasteiger partial charge in [0.15, 0.2) is 0 Å². The van der Waals surface area contributed by atoms with Gasteiger partial charge in [0, 0.05) is 6.04 Å². The second kappa shape index (κ2) is 6.92. The summed E-state index contributed by atoms with van der Waals surface area (Å²) in [6.07, 6.45) is 0.968. The first-order valence-corrected chi connectivity index (χ1v) is 6.56. The van der Waals surface area contributed by atoms with Crippen molar-refractivity contribution in [3.05, 3.63) is 35.4 Å². The Morgan fingerprint density at radius 3 is 2.42 bits per heavy atom. The smallest absolute Gasteiger partial charge is 0.335 e. The number of carbonyl (C=O) groups is 2. The van der Waals surface area contributed by atoms with Gasteiger partial charge in [0.1, 0.15) is 0 Å². The van der Waals surface area contributed by atoms with E-state index in [0.717, 1.165) is 6.42 Å². The van der Waals surface area contributed by atoms with Crippen LogP contribution in [0.5, 0.6) is 0 Å². The van der Waals surface area contributed by atoms with Crippen molar-refractivity contribution < 1.29 is 14.7 Å². The number of benzene rings is 1. The minimum absolute atomic E-state index is 0.103. The maximum absolute atomic E-state index is 12.0. The van der Waals surface area contributed by atoms with Crippen LogP contribution in [0.15, 0.2) is 24.3 Å². The van der Waals surface area contributed by atoms with Gasteiger partial charge in [-0.15, -0.1) is 0 Å².